The molecule has 0 aliphatic heterocycles. The molecular weight excluding hydrogens is 423 g/mol. The number of amides is 1. The molecule has 1 aromatic carbocycles. The van der Waals surface area contributed by atoms with Gasteiger partial charge in [-0.05, 0) is 65.7 Å². The van der Waals surface area contributed by atoms with Crippen molar-refractivity contribution in [3.8, 4) is 10.6 Å². The van der Waals surface area contributed by atoms with Crippen LogP contribution in [0.25, 0.3) is 10.6 Å². The number of nitrogens with one attached hydrogen (secondary N) is 1. The molecule has 3 aromatic heterocycles. The summed E-state index contributed by atoms with van der Waals surface area (Å²) in [5.74, 6) is -0.848. The summed E-state index contributed by atoms with van der Waals surface area (Å²) in [7, 11) is 0. The van der Waals surface area contributed by atoms with Gasteiger partial charge in [0, 0.05) is 24.5 Å². The van der Waals surface area contributed by atoms with Crippen molar-refractivity contribution in [2.45, 2.75) is 19.3 Å². The molecule has 1 unspecified atom stereocenters. The fraction of sp³-hybridized carbons (Fsp3) is 0.160. The highest BCUT2D eigenvalue weighted by Crippen LogP contribution is 2.33. The molecular formula is C25H23FN4OS. The van der Waals surface area contributed by atoms with E-state index in [4.69, 9.17) is 10.7 Å². The lowest BCUT2D eigenvalue weighted by molar-refractivity contribution is -0.118. The fourth-order valence-corrected chi connectivity index (χ4v) is 4.48. The maximum atomic E-state index is 13.5. The van der Waals surface area contributed by atoms with E-state index in [1.807, 2.05) is 31.2 Å². The average molecular weight is 447 g/mol. The molecule has 3 N–H and O–H groups in total. The quantitative estimate of drug-likeness (QED) is 0.402. The summed E-state index contributed by atoms with van der Waals surface area (Å²) in [5, 5.41) is 5.42. The Morgan fingerprint density at radius 2 is 2.06 bits per heavy atom. The van der Waals surface area contributed by atoms with Crippen LogP contribution in [0.1, 0.15) is 28.2 Å². The maximum absolute atomic E-state index is 13.5. The van der Waals surface area contributed by atoms with Crippen LogP contribution in [0, 0.1) is 12.7 Å². The minimum Gasteiger partial charge on any atom is -0.369 e. The first-order chi connectivity index (χ1) is 15.5. The lowest BCUT2D eigenvalue weighted by atomic mass is 9.91. The fourth-order valence-electron chi connectivity index (χ4n) is 3.61. The molecule has 0 spiro atoms. The number of rotatable bonds is 8. The summed E-state index contributed by atoms with van der Waals surface area (Å²) < 4.78 is 13.5. The van der Waals surface area contributed by atoms with Gasteiger partial charge < -0.3 is 11.1 Å². The van der Waals surface area contributed by atoms with Crippen LogP contribution in [0.2, 0.25) is 0 Å². The molecule has 4 aromatic rings. The Balaban J connectivity index is 1.68. The summed E-state index contributed by atoms with van der Waals surface area (Å²) >= 11 is 1.62. The molecule has 0 bridgehead atoms. The smallest absolute Gasteiger partial charge is 0.229 e. The first-order valence-corrected chi connectivity index (χ1v) is 11.1. The van der Waals surface area contributed by atoms with E-state index in [9.17, 15) is 9.18 Å². The topological polar surface area (TPSA) is 80.9 Å². The third kappa shape index (κ3) is 5.00. The summed E-state index contributed by atoms with van der Waals surface area (Å²) in [4.78, 5) is 22.5. The predicted octanol–water partition coefficient (Wildman–Crippen LogP) is 4.92. The zero-order valence-corrected chi connectivity index (χ0v) is 18.4. The summed E-state index contributed by atoms with van der Waals surface area (Å²) in [6, 6.07) is 16.0. The SMILES string of the molecule is Cc1csc(-c2ccc(C(C(N)=O)c3cccnc3)c(NCCc3cccc(F)c3)n2)c1. The molecule has 162 valence electrons. The Kier molecular flexibility index (Phi) is 6.56. The average Bonchev–Trinajstić information content (AvgIpc) is 3.22. The lowest BCUT2D eigenvalue weighted by Gasteiger charge is -2.19. The van der Waals surface area contributed by atoms with Crippen molar-refractivity contribution in [2.75, 3.05) is 11.9 Å². The maximum Gasteiger partial charge on any atom is 0.229 e. The van der Waals surface area contributed by atoms with Crippen LogP contribution >= 0.6 is 11.3 Å². The van der Waals surface area contributed by atoms with E-state index in [1.165, 1.54) is 17.7 Å². The van der Waals surface area contributed by atoms with Crippen LogP contribution in [0.15, 0.2) is 72.4 Å². The van der Waals surface area contributed by atoms with E-state index in [0.29, 0.717) is 29.9 Å². The molecule has 4 rings (SSSR count). The molecule has 0 fully saturated rings. The second-order valence-corrected chi connectivity index (χ2v) is 8.46. The van der Waals surface area contributed by atoms with E-state index in [1.54, 1.807) is 35.9 Å². The molecule has 0 saturated heterocycles. The number of nitrogens with zero attached hydrogens (tertiary/aromatic N) is 2. The number of nitrogens with two attached hydrogens (primary N) is 1. The van der Waals surface area contributed by atoms with Gasteiger partial charge >= 0.3 is 0 Å². The Hall–Kier alpha value is -3.58. The van der Waals surface area contributed by atoms with E-state index < -0.39 is 11.8 Å². The highest BCUT2D eigenvalue weighted by atomic mass is 32.1. The van der Waals surface area contributed by atoms with Gasteiger partial charge in [0.05, 0.1) is 16.5 Å². The zero-order valence-electron chi connectivity index (χ0n) is 17.6. The number of primary amides is 1. The van der Waals surface area contributed by atoms with Crippen molar-refractivity contribution in [1.82, 2.24) is 9.97 Å². The summed E-state index contributed by atoms with van der Waals surface area (Å²) in [5.41, 5.74) is 10.0. The van der Waals surface area contributed by atoms with Crippen LogP contribution in [0.3, 0.4) is 0 Å². The van der Waals surface area contributed by atoms with Crippen molar-refractivity contribution in [3.63, 3.8) is 0 Å². The zero-order chi connectivity index (χ0) is 22.5. The lowest BCUT2D eigenvalue weighted by Crippen LogP contribution is -2.24. The normalized spacial score (nSPS) is 11.8. The van der Waals surface area contributed by atoms with Crippen LogP contribution < -0.4 is 11.1 Å². The standard InChI is InChI=1S/C25H23FN4OS/c1-16-12-22(32-15-16)21-8-7-20(23(24(27)31)18-5-3-10-28-14-18)25(30-21)29-11-9-17-4-2-6-19(26)13-17/h2-8,10,12-15,23H,9,11H2,1H3,(H2,27,31)(H,29,30). The third-order valence-corrected chi connectivity index (χ3v) is 6.19. The van der Waals surface area contributed by atoms with Gasteiger partial charge in [0.25, 0.3) is 0 Å². The Labute approximate surface area is 190 Å². The summed E-state index contributed by atoms with van der Waals surface area (Å²) in [6.07, 6.45) is 3.90. The molecule has 3 heterocycles. The number of aryl methyl sites for hydroxylation is 1. The number of aromatic nitrogens is 2. The van der Waals surface area contributed by atoms with Gasteiger partial charge in [0.2, 0.25) is 5.91 Å². The molecule has 7 heteroatoms. The molecule has 0 aliphatic rings. The van der Waals surface area contributed by atoms with Crippen LogP contribution in [-0.2, 0) is 11.2 Å². The van der Waals surface area contributed by atoms with Crippen molar-refractivity contribution >= 4 is 23.1 Å². The van der Waals surface area contributed by atoms with Crippen LogP contribution in [0.5, 0.6) is 0 Å². The second kappa shape index (κ2) is 9.70. The number of benzene rings is 1. The number of thiophene rings is 1. The van der Waals surface area contributed by atoms with Gasteiger partial charge in [-0.15, -0.1) is 11.3 Å². The highest BCUT2D eigenvalue weighted by molar-refractivity contribution is 7.13. The van der Waals surface area contributed by atoms with Crippen molar-refractivity contribution in [3.05, 3.63) is 100 Å². The number of carbonyl (C=O) groups excluding carboxylic acids is 1. The molecule has 1 amide bonds. The van der Waals surface area contributed by atoms with Crippen molar-refractivity contribution in [1.29, 1.82) is 0 Å². The van der Waals surface area contributed by atoms with Gasteiger partial charge in [0.15, 0.2) is 0 Å². The van der Waals surface area contributed by atoms with Gasteiger partial charge in [0.1, 0.15) is 11.6 Å². The molecule has 32 heavy (non-hydrogen) atoms. The molecule has 1 atom stereocenters. The Morgan fingerprint density at radius 3 is 2.75 bits per heavy atom. The Bertz CT molecular complexity index is 1230. The number of carbonyl (C=O) groups is 1. The van der Waals surface area contributed by atoms with Crippen LogP contribution in [0.4, 0.5) is 10.2 Å². The summed E-state index contributed by atoms with van der Waals surface area (Å²) in [6.45, 7) is 2.56. The van der Waals surface area contributed by atoms with Gasteiger partial charge in [-0.3, -0.25) is 9.78 Å². The highest BCUT2D eigenvalue weighted by Gasteiger charge is 2.25. The van der Waals surface area contributed by atoms with Gasteiger partial charge in [-0.25, -0.2) is 9.37 Å². The first kappa shape index (κ1) is 21.6. The molecule has 0 aliphatic carbocycles. The third-order valence-electron chi connectivity index (χ3n) is 5.12. The Morgan fingerprint density at radius 1 is 1.19 bits per heavy atom. The number of hydrogen-bond donors (Lipinski definition) is 2. The van der Waals surface area contributed by atoms with Gasteiger partial charge in [-0.1, -0.05) is 24.3 Å². The van der Waals surface area contributed by atoms with E-state index in [-0.39, 0.29) is 5.82 Å². The van der Waals surface area contributed by atoms with E-state index in [0.717, 1.165) is 16.1 Å². The minimum atomic E-state index is -0.688. The van der Waals surface area contributed by atoms with Crippen molar-refractivity contribution in [2.24, 2.45) is 5.73 Å². The molecule has 0 saturated carbocycles. The van der Waals surface area contributed by atoms with Crippen molar-refractivity contribution < 1.29 is 9.18 Å². The number of pyridine rings is 2. The van der Waals surface area contributed by atoms with Gasteiger partial charge in [-0.2, -0.15) is 0 Å². The molecule has 0 radical (unpaired) electrons. The second-order valence-electron chi connectivity index (χ2n) is 7.55. The number of hydrogen-bond acceptors (Lipinski definition) is 5. The largest absolute Gasteiger partial charge is 0.369 e. The predicted molar refractivity (Wildman–Crippen MR) is 126 cm³/mol. The monoisotopic (exact) mass is 446 g/mol. The number of anilines is 1. The van der Waals surface area contributed by atoms with E-state index >= 15 is 0 Å². The molecule has 5 nitrogen and oxygen atoms in total. The first-order valence-electron chi connectivity index (χ1n) is 10.3. The van der Waals surface area contributed by atoms with E-state index in [2.05, 4.69) is 21.7 Å². The van der Waals surface area contributed by atoms with Crippen LogP contribution in [-0.4, -0.2) is 22.4 Å². The minimum absolute atomic E-state index is 0.262. The number of halogens is 1.